The van der Waals surface area contributed by atoms with Gasteiger partial charge in [0, 0.05) is 22.2 Å². The van der Waals surface area contributed by atoms with Gasteiger partial charge < -0.3 is 0 Å². The van der Waals surface area contributed by atoms with Crippen LogP contribution < -0.4 is 0 Å². The number of benzene rings is 1. The van der Waals surface area contributed by atoms with E-state index in [0.29, 0.717) is 0 Å². The summed E-state index contributed by atoms with van der Waals surface area (Å²) in [5.41, 5.74) is 0.110. The average Bonchev–Trinajstić information content (AvgIpc) is 2.71. The van der Waals surface area contributed by atoms with Gasteiger partial charge in [-0.1, -0.05) is 25.4 Å². The van der Waals surface area contributed by atoms with Crippen LogP contribution in [0.3, 0.4) is 0 Å². The molecule has 9 heteroatoms. The molecular formula is C12H12Cl2FN3O2S. The summed E-state index contributed by atoms with van der Waals surface area (Å²) in [4.78, 5) is 0. The third-order valence-electron chi connectivity index (χ3n) is 2.65. The molecule has 0 aliphatic heterocycles. The van der Waals surface area contributed by atoms with Gasteiger partial charge in [-0.15, -0.1) is 10.2 Å². The third-order valence-corrected chi connectivity index (χ3v) is 4.04. The molecular weight excluding hydrogens is 340 g/mol. The standard InChI is InChI=1S/C12H12Cl2FN3O2S/c1-7(2)6-18-11(16-17-12(18)21(14,19)20)9-4-3-8(13)5-10(9)15/h3-5,7H,6H2,1-2H3. The van der Waals surface area contributed by atoms with Crippen molar-refractivity contribution in [2.45, 2.75) is 25.5 Å². The van der Waals surface area contributed by atoms with Crippen LogP contribution in [-0.4, -0.2) is 23.2 Å². The van der Waals surface area contributed by atoms with E-state index in [0.717, 1.165) is 6.07 Å². The predicted molar refractivity (Wildman–Crippen MR) is 78.3 cm³/mol. The van der Waals surface area contributed by atoms with Crippen LogP contribution in [0.4, 0.5) is 4.39 Å². The minimum atomic E-state index is -4.07. The van der Waals surface area contributed by atoms with Crippen molar-refractivity contribution in [1.82, 2.24) is 14.8 Å². The van der Waals surface area contributed by atoms with Crippen LogP contribution in [-0.2, 0) is 15.6 Å². The average molecular weight is 352 g/mol. The molecule has 2 rings (SSSR count). The predicted octanol–water partition coefficient (Wildman–Crippen LogP) is 3.32. The van der Waals surface area contributed by atoms with Gasteiger partial charge in [0.15, 0.2) is 5.82 Å². The Bertz CT molecular complexity index is 775. The summed E-state index contributed by atoms with van der Waals surface area (Å²) >= 11 is 5.71. The Labute approximate surface area is 131 Å². The van der Waals surface area contributed by atoms with Crippen LogP contribution >= 0.6 is 22.3 Å². The summed E-state index contributed by atoms with van der Waals surface area (Å²) in [5.74, 6) is -0.428. The first-order valence-electron chi connectivity index (χ1n) is 6.03. The van der Waals surface area contributed by atoms with Crippen LogP contribution in [0, 0.1) is 11.7 Å². The summed E-state index contributed by atoms with van der Waals surface area (Å²) in [6, 6.07) is 4.03. The lowest BCUT2D eigenvalue weighted by Gasteiger charge is -2.11. The highest BCUT2D eigenvalue weighted by Gasteiger charge is 2.25. The van der Waals surface area contributed by atoms with Crippen molar-refractivity contribution in [2.75, 3.05) is 0 Å². The van der Waals surface area contributed by atoms with Gasteiger partial charge in [-0.3, -0.25) is 4.57 Å². The van der Waals surface area contributed by atoms with Gasteiger partial charge in [0.2, 0.25) is 0 Å². The van der Waals surface area contributed by atoms with Crippen molar-refractivity contribution < 1.29 is 12.8 Å². The van der Waals surface area contributed by atoms with E-state index in [9.17, 15) is 12.8 Å². The molecule has 0 saturated heterocycles. The minimum Gasteiger partial charge on any atom is -0.296 e. The zero-order valence-corrected chi connectivity index (χ0v) is 13.5. The molecule has 0 aliphatic rings. The van der Waals surface area contributed by atoms with Crippen LogP contribution in [0.1, 0.15) is 13.8 Å². The van der Waals surface area contributed by atoms with Crippen molar-refractivity contribution >= 4 is 31.3 Å². The first-order valence-corrected chi connectivity index (χ1v) is 8.72. The fraction of sp³-hybridized carbons (Fsp3) is 0.333. The molecule has 0 spiro atoms. The van der Waals surface area contributed by atoms with Gasteiger partial charge in [-0.2, -0.15) is 0 Å². The largest absolute Gasteiger partial charge is 0.296 e. The highest BCUT2D eigenvalue weighted by atomic mass is 35.7. The molecule has 0 aliphatic carbocycles. The number of hydrogen-bond donors (Lipinski definition) is 0. The van der Waals surface area contributed by atoms with Gasteiger partial charge in [-0.25, -0.2) is 12.8 Å². The molecule has 0 saturated carbocycles. The second-order valence-corrected chi connectivity index (χ2v) is 7.77. The van der Waals surface area contributed by atoms with E-state index in [1.807, 2.05) is 13.8 Å². The summed E-state index contributed by atoms with van der Waals surface area (Å²) in [6.07, 6.45) is 0. The maximum absolute atomic E-state index is 14.0. The van der Waals surface area contributed by atoms with Crippen LogP contribution in [0.2, 0.25) is 5.02 Å². The molecule has 1 aromatic carbocycles. The number of rotatable bonds is 4. The zero-order chi connectivity index (χ0) is 15.8. The SMILES string of the molecule is CC(C)Cn1c(-c2ccc(Cl)cc2F)nnc1S(=O)(=O)Cl. The summed E-state index contributed by atoms with van der Waals surface area (Å²) in [7, 11) is 1.27. The lowest BCUT2D eigenvalue weighted by molar-refractivity contribution is 0.487. The maximum Gasteiger partial charge on any atom is 0.296 e. The van der Waals surface area contributed by atoms with E-state index >= 15 is 0 Å². The molecule has 0 unspecified atom stereocenters. The van der Waals surface area contributed by atoms with Crippen LogP contribution in [0.15, 0.2) is 23.4 Å². The van der Waals surface area contributed by atoms with E-state index in [2.05, 4.69) is 10.2 Å². The minimum absolute atomic E-state index is 0.0901. The Morgan fingerprint density at radius 3 is 2.52 bits per heavy atom. The second-order valence-electron chi connectivity index (χ2n) is 4.87. The molecule has 0 radical (unpaired) electrons. The summed E-state index contributed by atoms with van der Waals surface area (Å²) in [5, 5.41) is 7.17. The quantitative estimate of drug-likeness (QED) is 0.792. The molecule has 21 heavy (non-hydrogen) atoms. The van der Waals surface area contributed by atoms with Gasteiger partial charge >= 0.3 is 0 Å². The molecule has 0 amide bonds. The number of nitrogens with zero attached hydrogens (tertiary/aromatic N) is 3. The van der Waals surface area contributed by atoms with E-state index in [-0.39, 0.29) is 28.9 Å². The highest BCUT2D eigenvalue weighted by Crippen LogP contribution is 2.27. The third kappa shape index (κ3) is 3.53. The highest BCUT2D eigenvalue weighted by molar-refractivity contribution is 8.13. The van der Waals surface area contributed by atoms with E-state index in [4.69, 9.17) is 22.3 Å². The molecule has 0 N–H and O–H groups in total. The Balaban J connectivity index is 2.66. The van der Waals surface area contributed by atoms with Crippen molar-refractivity contribution in [3.8, 4) is 11.4 Å². The zero-order valence-electron chi connectivity index (χ0n) is 11.2. The molecule has 1 aromatic heterocycles. The lowest BCUT2D eigenvalue weighted by atomic mass is 10.2. The van der Waals surface area contributed by atoms with Crippen molar-refractivity contribution in [2.24, 2.45) is 5.92 Å². The maximum atomic E-state index is 14.0. The Morgan fingerprint density at radius 1 is 1.33 bits per heavy atom. The molecule has 2 aromatic rings. The van der Waals surface area contributed by atoms with Gasteiger partial charge in [-0.05, 0) is 24.1 Å². The van der Waals surface area contributed by atoms with Crippen LogP contribution in [0.5, 0.6) is 0 Å². The van der Waals surface area contributed by atoms with Gasteiger partial charge in [0.1, 0.15) is 5.82 Å². The summed E-state index contributed by atoms with van der Waals surface area (Å²) in [6.45, 7) is 4.05. The smallest absolute Gasteiger partial charge is 0.296 e. The van der Waals surface area contributed by atoms with Gasteiger partial charge in [0.05, 0.1) is 5.56 Å². The molecule has 1 heterocycles. The van der Waals surface area contributed by atoms with Crippen molar-refractivity contribution in [3.05, 3.63) is 29.0 Å². The van der Waals surface area contributed by atoms with E-state index in [1.54, 1.807) is 0 Å². The molecule has 5 nitrogen and oxygen atoms in total. The van der Waals surface area contributed by atoms with E-state index < -0.39 is 20.0 Å². The molecule has 0 bridgehead atoms. The Kier molecular flexibility index (Phi) is 4.55. The molecule has 0 fully saturated rings. The van der Waals surface area contributed by atoms with Crippen molar-refractivity contribution in [1.29, 1.82) is 0 Å². The normalized spacial score (nSPS) is 12.1. The lowest BCUT2D eigenvalue weighted by Crippen LogP contribution is -2.12. The second kappa shape index (κ2) is 5.90. The van der Waals surface area contributed by atoms with Crippen molar-refractivity contribution in [3.63, 3.8) is 0 Å². The van der Waals surface area contributed by atoms with Gasteiger partial charge in [0.25, 0.3) is 14.2 Å². The fourth-order valence-corrected chi connectivity index (χ4v) is 2.93. The first-order chi connectivity index (χ1) is 9.70. The number of halogens is 3. The number of hydrogen-bond acceptors (Lipinski definition) is 4. The molecule has 114 valence electrons. The topological polar surface area (TPSA) is 64.8 Å². The molecule has 0 atom stereocenters. The first kappa shape index (κ1) is 16.2. The number of aromatic nitrogens is 3. The Morgan fingerprint density at radius 2 is 2.00 bits per heavy atom. The van der Waals surface area contributed by atoms with Crippen LogP contribution in [0.25, 0.3) is 11.4 Å². The van der Waals surface area contributed by atoms with E-state index in [1.165, 1.54) is 16.7 Å². The summed E-state index contributed by atoms with van der Waals surface area (Å²) < 4.78 is 38.4. The Hall–Kier alpha value is -1.18. The fourth-order valence-electron chi connectivity index (χ4n) is 1.87. The monoisotopic (exact) mass is 351 g/mol.